The van der Waals surface area contributed by atoms with Crippen molar-refractivity contribution in [2.75, 3.05) is 19.0 Å². The van der Waals surface area contributed by atoms with E-state index in [9.17, 15) is 4.79 Å². The van der Waals surface area contributed by atoms with Gasteiger partial charge in [-0.15, -0.1) is 0 Å². The molecule has 1 aromatic carbocycles. The van der Waals surface area contributed by atoms with E-state index >= 15 is 0 Å². The molecule has 4 heteroatoms. The molecule has 0 unspecified atom stereocenters. The zero-order valence-electron chi connectivity index (χ0n) is 10.8. The second-order valence-electron chi connectivity index (χ2n) is 4.55. The summed E-state index contributed by atoms with van der Waals surface area (Å²) < 4.78 is 10.4. The summed E-state index contributed by atoms with van der Waals surface area (Å²) in [6, 6.07) is 9.70. The van der Waals surface area contributed by atoms with E-state index in [0.717, 1.165) is 5.69 Å². The molecule has 0 radical (unpaired) electrons. The summed E-state index contributed by atoms with van der Waals surface area (Å²) in [5, 5.41) is 3.28. The van der Waals surface area contributed by atoms with Crippen molar-refractivity contribution in [2.24, 2.45) is 0 Å². The van der Waals surface area contributed by atoms with Crippen LogP contribution in [-0.2, 0) is 14.3 Å². The van der Waals surface area contributed by atoms with E-state index in [1.807, 2.05) is 37.3 Å². The van der Waals surface area contributed by atoms with Crippen LogP contribution in [0.15, 0.2) is 30.3 Å². The molecule has 0 aliphatic heterocycles. The van der Waals surface area contributed by atoms with Gasteiger partial charge in [0, 0.05) is 25.1 Å². The van der Waals surface area contributed by atoms with Crippen molar-refractivity contribution in [1.29, 1.82) is 0 Å². The van der Waals surface area contributed by atoms with Gasteiger partial charge in [0.1, 0.15) is 5.54 Å². The van der Waals surface area contributed by atoms with Crippen LogP contribution in [0.25, 0.3) is 0 Å². The van der Waals surface area contributed by atoms with E-state index in [0.29, 0.717) is 19.4 Å². The number of methoxy groups -OCH3 is 1. The van der Waals surface area contributed by atoms with Crippen LogP contribution in [0.5, 0.6) is 0 Å². The molecule has 1 aromatic rings. The van der Waals surface area contributed by atoms with Gasteiger partial charge in [-0.25, -0.2) is 4.79 Å². The summed E-state index contributed by atoms with van der Waals surface area (Å²) in [5.74, 6) is -0.220. The highest BCUT2D eigenvalue weighted by molar-refractivity contribution is 5.86. The Bertz CT molecular complexity index is 399. The minimum atomic E-state index is -0.629. The highest BCUT2D eigenvalue weighted by atomic mass is 16.5. The molecule has 0 amide bonds. The lowest BCUT2D eigenvalue weighted by molar-refractivity contribution is -0.155. The first-order valence-corrected chi connectivity index (χ1v) is 6.23. The SMILES string of the molecule is CCOC1CC(Nc2ccccc2)(C(=O)OC)C1. The van der Waals surface area contributed by atoms with Crippen molar-refractivity contribution in [1.82, 2.24) is 0 Å². The maximum atomic E-state index is 11.9. The van der Waals surface area contributed by atoms with Gasteiger partial charge in [0.25, 0.3) is 0 Å². The summed E-state index contributed by atoms with van der Waals surface area (Å²) in [4.78, 5) is 11.9. The number of rotatable bonds is 5. The van der Waals surface area contributed by atoms with Gasteiger partial charge in [0.2, 0.25) is 0 Å². The highest BCUT2D eigenvalue weighted by Gasteiger charge is 2.51. The first-order valence-electron chi connectivity index (χ1n) is 6.23. The average molecular weight is 249 g/mol. The Kier molecular flexibility index (Phi) is 3.87. The molecule has 0 atom stereocenters. The Balaban J connectivity index is 2.06. The number of carbonyl (C=O) groups excluding carboxylic acids is 1. The lowest BCUT2D eigenvalue weighted by Crippen LogP contribution is -2.59. The van der Waals surface area contributed by atoms with Crippen LogP contribution >= 0.6 is 0 Å². The average Bonchev–Trinajstić information content (AvgIpc) is 2.36. The third-order valence-corrected chi connectivity index (χ3v) is 3.29. The monoisotopic (exact) mass is 249 g/mol. The fourth-order valence-electron chi connectivity index (χ4n) is 2.38. The Hall–Kier alpha value is -1.55. The van der Waals surface area contributed by atoms with E-state index in [-0.39, 0.29) is 12.1 Å². The molecule has 0 aromatic heterocycles. The fraction of sp³-hybridized carbons (Fsp3) is 0.500. The van der Waals surface area contributed by atoms with Gasteiger partial charge in [-0.3, -0.25) is 0 Å². The van der Waals surface area contributed by atoms with Crippen molar-refractivity contribution in [3.05, 3.63) is 30.3 Å². The summed E-state index contributed by atoms with van der Waals surface area (Å²) in [5.41, 5.74) is 0.300. The summed E-state index contributed by atoms with van der Waals surface area (Å²) in [6.45, 7) is 2.63. The number of benzene rings is 1. The van der Waals surface area contributed by atoms with E-state index in [2.05, 4.69) is 5.32 Å². The lowest BCUT2D eigenvalue weighted by Gasteiger charge is -2.45. The van der Waals surface area contributed by atoms with Gasteiger partial charge in [-0.2, -0.15) is 0 Å². The largest absolute Gasteiger partial charge is 0.467 e. The zero-order chi connectivity index (χ0) is 13.0. The smallest absolute Gasteiger partial charge is 0.331 e. The first kappa shape index (κ1) is 12.9. The topological polar surface area (TPSA) is 47.6 Å². The second-order valence-corrected chi connectivity index (χ2v) is 4.55. The van der Waals surface area contributed by atoms with E-state index in [4.69, 9.17) is 9.47 Å². The number of hydrogen-bond acceptors (Lipinski definition) is 4. The molecule has 0 spiro atoms. The predicted molar refractivity (Wildman–Crippen MR) is 69.5 cm³/mol. The molecule has 2 rings (SSSR count). The number of nitrogens with one attached hydrogen (secondary N) is 1. The molecular weight excluding hydrogens is 230 g/mol. The van der Waals surface area contributed by atoms with E-state index in [1.54, 1.807) is 0 Å². The van der Waals surface area contributed by atoms with Gasteiger partial charge >= 0.3 is 5.97 Å². The summed E-state index contributed by atoms with van der Waals surface area (Å²) in [6.07, 6.45) is 1.45. The molecule has 1 fully saturated rings. The molecule has 18 heavy (non-hydrogen) atoms. The van der Waals surface area contributed by atoms with Gasteiger partial charge in [-0.05, 0) is 19.1 Å². The molecule has 98 valence electrons. The van der Waals surface area contributed by atoms with Gasteiger partial charge in [0.05, 0.1) is 13.2 Å². The molecule has 1 saturated carbocycles. The number of para-hydroxylation sites is 1. The Morgan fingerprint density at radius 2 is 2.06 bits per heavy atom. The summed E-state index contributed by atoms with van der Waals surface area (Å²) in [7, 11) is 1.42. The number of ether oxygens (including phenoxy) is 2. The van der Waals surface area contributed by atoms with Crippen LogP contribution < -0.4 is 5.32 Å². The molecule has 1 aliphatic rings. The minimum absolute atomic E-state index is 0.144. The normalized spacial score (nSPS) is 26.2. The quantitative estimate of drug-likeness (QED) is 0.813. The maximum absolute atomic E-state index is 11.9. The molecular formula is C14H19NO3. The van der Waals surface area contributed by atoms with Gasteiger partial charge in [0.15, 0.2) is 0 Å². The minimum Gasteiger partial charge on any atom is -0.467 e. The van der Waals surface area contributed by atoms with Crippen molar-refractivity contribution in [3.8, 4) is 0 Å². The standard InChI is InChI=1S/C14H19NO3/c1-3-18-12-9-14(10-12,13(16)17-2)15-11-7-5-4-6-8-11/h4-8,12,15H,3,9-10H2,1-2H3. The van der Waals surface area contributed by atoms with Crippen LogP contribution in [0.3, 0.4) is 0 Å². The predicted octanol–water partition coefficient (Wildman–Crippen LogP) is 2.21. The Morgan fingerprint density at radius 1 is 1.39 bits per heavy atom. The molecule has 0 bridgehead atoms. The molecule has 1 N–H and O–H groups in total. The first-order chi connectivity index (χ1) is 8.70. The second kappa shape index (κ2) is 5.40. The van der Waals surface area contributed by atoms with Crippen LogP contribution in [0, 0.1) is 0 Å². The van der Waals surface area contributed by atoms with Crippen molar-refractivity contribution < 1.29 is 14.3 Å². The number of anilines is 1. The molecule has 0 heterocycles. The van der Waals surface area contributed by atoms with Crippen LogP contribution in [-0.4, -0.2) is 31.3 Å². The van der Waals surface area contributed by atoms with Crippen LogP contribution in [0.2, 0.25) is 0 Å². The number of hydrogen-bond donors (Lipinski definition) is 1. The molecule has 0 saturated heterocycles. The molecule has 1 aliphatic carbocycles. The summed E-state index contributed by atoms with van der Waals surface area (Å²) >= 11 is 0. The number of carbonyl (C=O) groups is 1. The van der Waals surface area contributed by atoms with Crippen molar-refractivity contribution in [3.63, 3.8) is 0 Å². The molecule has 4 nitrogen and oxygen atoms in total. The number of esters is 1. The van der Waals surface area contributed by atoms with Gasteiger partial charge in [-0.1, -0.05) is 18.2 Å². The Morgan fingerprint density at radius 3 is 2.61 bits per heavy atom. The van der Waals surface area contributed by atoms with Crippen molar-refractivity contribution in [2.45, 2.75) is 31.4 Å². The van der Waals surface area contributed by atoms with E-state index < -0.39 is 5.54 Å². The zero-order valence-corrected chi connectivity index (χ0v) is 10.8. The van der Waals surface area contributed by atoms with Crippen LogP contribution in [0.1, 0.15) is 19.8 Å². The fourth-order valence-corrected chi connectivity index (χ4v) is 2.38. The third-order valence-electron chi connectivity index (χ3n) is 3.29. The van der Waals surface area contributed by atoms with Crippen LogP contribution in [0.4, 0.5) is 5.69 Å². The van der Waals surface area contributed by atoms with E-state index in [1.165, 1.54) is 7.11 Å². The van der Waals surface area contributed by atoms with Gasteiger partial charge < -0.3 is 14.8 Å². The lowest BCUT2D eigenvalue weighted by atomic mass is 9.74. The third kappa shape index (κ3) is 2.48. The maximum Gasteiger partial charge on any atom is 0.331 e. The van der Waals surface area contributed by atoms with Crippen molar-refractivity contribution >= 4 is 11.7 Å². The highest BCUT2D eigenvalue weighted by Crippen LogP contribution is 2.38. The Labute approximate surface area is 107 Å².